The van der Waals surface area contributed by atoms with Crippen molar-refractivity contribution in [1.29, 1.82) is 10.5 Å². The zero-order valence-electron chi connectivity index (χ0n) is 19.3. The molecule has 0 bridgehead atoms. The van der Waals surface area contributed by atoms with Crippen molar-refractivity contribution in [3.63, 3.8) is 0 Å². The summed E-state index contributed by atoms with van der Waals surface area (Å²) in [6.45, 7) is 6.05. The standard InChI is InChI=1S/C26H30N6O/c1-2-33-25-22(19-28)23(20-12-6-3-7-13-20)21(18-27)24(29-25)30-26(31-14-8-4-9-15-31)32-16-10-5-11-17-32/h3,6-7,12-13H,2,4-5,8-11,14-17H2,1H3. The Morgan fingerprint density at radius 2 is 1.48 bits per heavy atom. The molecule has 0 N–H and O–H groups in total. The SMILES string of the molecule is CCOc1nc(N=C(N2CCCCC2)N2CCCCC2)c(C#N)c(-c2ccccc2)c1C#N. The highest BCUT2D eigenvalue weighted by atomic mass is 16.5. The third-order valence-electron chi connectivity index (χ3n) is 6.20. The summed E-state index contributed by atoms with van der Waals surface area (Å²) < 4.78 is 5.76. The molecule has 0 radical (unpaired) electrons. The van der Waals surface area contributed by atoms with Gasteiger partial charge in [-0.1, -0.05) is 30.3 Å². The van der Waals surface area contributed by atoms with E-state index in [4.69, 9.17) is 9.73 Å². The Morgan fingerprint density at radius 3 is 2.00 bits per heavy atom. The van der Waals surface area contributed by atoms with E-state index in [1.165, 1.54) is 12.8 Å². The van der Waals surface area contributed by atoms with Crippen LogP contribution in [0.3, 0.4) is 0 Å². The number of benzene rings is 1. The fourth-order valence-corrected chi connectivity index (χ4v) is 4.60. The van der Waals surface area contributed by atoms with Gasteiger partial charge in [0, 0.05) is 31.7 Å². The minimum Gasteiger partial charge on any atom is -0.477 e. The lowest BCUT2D eigenvalue weighted by Gasteiger charge is -2.38. The van der Waals surface area contributed by atoms with Gasteiger partial charge in [0.25, 0.3) is 0 Å². The highest BCUT2D eigenvalue weighted by Crippen LogP contribution is 2.37. The third-order valence-corrected chi connectivity index (χ3v) is 6.20. The van der Waals surface area contributed by atoms with E-state index in [1.54, 1.807) is 0 Å². The molecule has 7 nitrogen and oxygen atoms in total. The highest BCUT2D eigenvalue weighted by molar-refractivity contribution is 5.87. The Hall–Kier alpha value is -3.58. The molecule has 0 spiro atoms. The summed E-state index contributed by atoms with van der Waals surface area (Å²) >= 11 is 0. The fourth-order valence-electron chi connectivity index (χ4n) is 4.60. The first-order valence-corrected chi connectivity index (χ1v) is 11.9. The van der Waals surface area contributed by atoms with Crippen molar-refractivity contribution in [2.75, 3.05) is 32.8 Å². The molecule has 2 fully saturated rings. The van der Waals surface area contributed by atoms with Gasteiger partial charge in [-0.15, -0.1) is 0 Å². The average molecular weight is 443 g/mol. The molecule has 2 aromatic rings. The number of guanidine groups is 1. The van der Waals surface area contributed by atoms with E-state index in [0.717, 1.165) is 63.4 Å². The highest BCUT2D eigenvalue weighted by Gasteiger charge is 2.26. The first-order chi connectivity index (χ1) is 16.3. The number of piperidine rings is 2. The molecule has 4 rings (SSSR count). The number of rotatable bonds is 4. The van der Waals surface area contributed by atoms with Crippen LogP contribution in [0.4, 0.5) is 5.82 Å². The van der Waals surface area contributed by atoms with Crippen LogP contribution in [0.25, 0.3) is 11.1 Å². The Kier molecular flexibility index (Phi) is 7.42. The molecule has 0 atom stereocenters. The molecule has 2 aliphatic rings. The van der Waals surface area contributed by atoms with Crippen LogP contribution in [0.1, 0.15) is 56.6 Å². The summed E-state index contributed by atoms with van der Waals surface area (Å²) in [5.41, 5.74) is 1.90. The zero-order chi connectivity index (χ0) is 23.0. The number of nitrogens with zero attached hydrogens (tertiary/aromatic N) is 6. The van der Waals surface area contributed by atoms with Crippen molar-refractivity contribution in [1.82, 2.24) is 14.8 Å². The van der Waals surface area contributed by atoms with Gasteiger partial charge in [0.15, 0.2) is 5.82 Å². The van der Waals surface area contributed by atoms with Gasteiger partial charge < -0.3 is 14.5 Å². The van der Waals surface area contributed by atoms with Crippen LogP contribution in [0.15, 0.2) is 35.3 Å². The molecular weight excluding hydrogens is 412 g/mol. The quantitative estimate of drug-likeness (QED) is 0.497. The van der Waals surface area contributed by atoms with Crippen LogP contribution >= 0.6 is 0 Å². The maximum atomic E-state index is 10.2. The number of aliphatic imine (C=N–C) groups is 1. The molecule has 1 aromatic heterocycles. The summed E-state index contributed by atoms with van der Waals surface area (Å²) in [6, 6.07) is 14.0. The molecule has 0 saturated carbocycles. The Bertz CT molecular complexity index is 1050. The molecule has 33 heavy (non-hydrogen) atoms. The van der Waals surface area contributed by atoms with Gasteiger partial charge in [0.05, 0.1) is 6.61 Å². The predicted octanol–water partition coefficient (Wildman–Crippen LogP) is 4.85. The van der Waals surface area contributed by atoms with E-state index >= 15 is 0 Å². The number of aromatic nitrogens is 1. The number of likely N-dealkylation sites (tertiary alicyclic amines) is 2. The van der Waals surface area contributed by atoms with Crippen molar-refractivity contribution in [2.45, 2.75) is 45.4 Å². The van der Waals surface area contributed by atoms with Crippen molar-refractivity contribution >= 4 is 11.8 Å². The predicted molar refractivity (Wildman–Crippen MR) is 128 cm³/mol. The van der Waals surface area contributed by atoms with Gasteiger partial charge in [0.2, 0.25) is 11.8 Å². The van der Waals surface area contributed by atoms with E-state index in [0.29, 0.717) is 23.6 Å². The first kappa shape index (κ1) is 22.6. The van der Waals surface area contributed by atoms with Crippen molar-refractivity contribution < 1.29 is 4.74 Å². The molecule has 170 valence electrons. The van der Waals surface area contributed by atoms with Crippen LogP contribution < -0.4 is 4.74 Å². The molecule has 0 aliphatic carbocycles. The van der Waals surface area contributed by atoms with E-state index in [9.17, 15) is 10.5 Å². The lowest BCUT2D eigenvalue weighted by atomic mass is 9.96. The van der Waals surface area contributed by atoms with Gasteiger partial charge in [0.1, 0.15) is 23.3 Å². The molecule has 0 amide bonds. The number of hydrogen-bond donors (Lipinski definition) is 0. The minimum absolute atomic E-state index is 0.230. The van der Waals surface area contributed by atoms with Crippen LogP contribution in [-0.4, -0.2) is 53.5 Å². The van der Waals surface area contributed by atoms with E-state index < -0.39 is 0 Å². The summed E-state index contributed by atoms with van der Waals surface area (Å²) in [6.07, 6.45) is 7.01. The van der Waals surface area contributed by atoms with Gasteiger partial charge in [-0.25, -0.2) is 0 Å². The number of hydrogen-bond acceptors (Lipinski definition) is 5. The van der Waals surface area contributed by atoms with Crippen molar-refractivity contribution in [3.05, 3.63) is 41.5 Å². The van der Waals surface area contributed by atoms with E-state index in [1.807, 2.05) is 37.3 Å². The number of nitriles is 2. The van der Waals surface area contributed by atoms with Crippen molar-refractivity contribution in [2.24, 2.45) is 4.99 Å². The molecule has 2 aliphatic heterocycles. The Labute approximate surface area is 195 Å². The van der Waals surface area contributed by atoms with E-state index in [-0.39, 0.29) is 11.4 Å². The van der Waals surface area contributed by atoms with Crippen LogP contribution in [-0.2, 0) is 0 Å². The molecule has 3 heterocycles. The Balaban J connectivity index is 1.92. The second kappa shape index (κ2) is 10.8. The Morgan fingerprint density at radius 1 is 0.909 bits per heavy atom. The summed E-state index contributed by atoms with van der Waals surface area (Å²) in [4.78, 5) is 14.3. The maximum Gasteiger partial charge on any atom is 0.234 e. The normalized spacial score (nSPS) is 16.0. The lowest BCUT2D eigenvalue weighted by Crippen LogP contribution is -2.48. The smallest absolute Gasteiger partial charge is 0.234 e. The fraction of sp³-hybridized carbons (Fsp3) is 0.462. The number of ether oxygens (including phenoxy) is 1. The number of pyridine rings is 1. The van der Waals surface area contributed by atoms with Crippen LogP contribution in [0, 0.1) is 22.7 Å². The van der Waals surface area contributed by atoms with Crippen LogP contribution in [0.2, 0.25) is 0 Å². The summed E-state index contributed by atoms with van der Waals surface area (Å²) in [5, 5.41) is 20.2. The maximum absolute atomic E-state index is 10.2. The van der Waals surface area contributed by atoms with Gasteiger partial charge in [-0.3, -0.25) is 0 Å². The molecule has 0 unspecified atom stereocenters. The zero-order valence-corrected chi connectivity index (χ0v) is 19.3. The van der Waals surface area contributed by atoms with E-state index in [2.05, 4.69) is 26.9 Å². The largest absolute Gasteiger partial charge is 0.477 e. The minimum atomic E-state index is 0.230. The van der Waals surface area contributed by atoms with Gasteiger partial charge >= 0.3 is 0 Å². The molecule has 1 aromatic carbocycles. The lowest BCUT2D eigenvalue weighted by molar-refractivity contribution is 0.257. The summed E-state index contributed by atoms with van der Waals surface area (Å²) in [5.74, 6) is 1.45. The average Bonchev–Trinajstić information content (AvgIpc) is 2.88. The second-order valence-corrected chi connectivity index (χ2v) is 8.40. The second-order valence-electron chi connectivity index (χ2n) is 8.40. The topological polar surface area (TPSA) is 88.5 Å². The third kappa shape index (κ3) is 4.93. The van der Waals surface area contributed by atoms with Gasteiger partial charge in [-0.05, 0) is 51.0 Å². The van der Waals surface area contributed by atoms with Crippen molar-refractivity contribution in [3.8, 4) is 29.1 Å². The van der Waals surface area contributed by atoms with Gasteiger partial charge in [-0.2, -0.15) is 20.5 Å². The summed E-state index contributed by atoms with van der Waals surface area (Å²) in [7, 11) is 0. The van der Waals surface area contributed by atoms with Crippen LogP contribution in [0.5, 0.6) is 5.88 Å². The molecular formula is C26H30N6O. The monoisotopic (exact) mass is 442 g/mol. The molecule has 7 heteroatoms. The first-order valence-electron chi connectivity index (χ1n) is 11.9. The molecule has 2 saturated heterocycles.